The van der Waals surface area contributed by atoms with Gasteiger partial charge in [0.15, 0.2) is 5.96 Å². The second kappa shape index (κ2) is 11.7. The predicted molar refractivity (Wildman–Crippen MR) is 104 cm³/mol. The zero-order valence-electron chi connectivity index (χ0n) is 13.7. The van der Waals surface area contributed by atoms with E-state index in [4.69, 9.17) is 0 Å². The second-order valence-electron chi connectivity index (χ2n) is 4.84. The summed E-state index contributed by atoms with van der Waals surface area (Å²) < 4.78 is 29.4. The second-order valence-corrected chi connectivity index (χ2v) is 6.12. The quantitative estimate of drug-likeness (QED) is 0.372. The molecule has 0 aliphatic carbocycles. The third-order valence-corrected chi connectivity index (χ3v) is 4.03. The Balaban J connectivity index is 0.00000484. The van der Waals surface area contributed by atoms with E-state index in [0.717, 1.165) is 12.1 Å². The third kappa shape index (κ3) is 8.59. The summed E-state index contributed by atoms with van der Waals surface area (Å²) >= 11 is 1.75. The van der Waals surface area contributed by atoms with E-state index < -0.39 is 6.61 Å². The third-order valence-electron chi connectivity index (χ3n) is 3.06. The first-order valence-electron chi connectivity index (χ1n) is 6.98. The SMILES string of the molecule is CN=C(NCc1cc(C)ccc1OC(F)F)NCC(C)SC.I. The van der Waals surface area contributed by atoms with Gasteiger partial charge in [0.1, 0.15) is 5.75 Å². The summed E-state index contributed by atoms with van der Waals surface area (Å²) in [6.45, 7) is 2.32. The van der Waals surface area contributed by atoms with Gasteiger partial charge in [-0.05, 0) is 19.2 Å². The van der Waals surface area contributed by atoms with Crippen LogP contribution in [0.5, 0.6) is 5.75 Å². The van der Waals surface area contributed by atoms with Crippen LogP contribution in [-0.4, -0.2) is 37.7 Å². The molecule has 0 saturated heterocycles. The monoisotopic (exact) mass is 459 g/mol. The molecule has 1 atom stereocenters. The number of aliphatic imine (C=N–C) groups is 1. The Hall–Kier alpha value is -0.770. The van der Waals surface area contributed by atoms with Crippen molar-refractivity contribution in [3.05, 3.63) is 29.3 Å². The lowest BCUT2D eigenvalue weighted by Gasteiger charge is -2.16. The average Bonchev–Trinajstić information content (AvgIpc) is 2.49. The highest BCUT2D eigenvalue weighted by Gasteiger charge is 2.10. The fraction of sp³-hybridized carbons (Fsp3) is 0.533. The van der Waals surface area contributed by atoms with Crippen LogP contribution in [0.1, 0.15) is 18.1 Å². The Morgan fingerprint density at radius 2 is 2.04 bits per heavy atom. The molecule has 132 valence electrons. The maximum atomic E-state index is 12.4. The summed E-state index contributed by atoms with van der Waals surface area (Å²) in [6, 6.07) is 5.13. The number of alkyl halides is 2. The van der Waals surface area contributed by atoms with Crippen molar-refractivity contribution in [2.45, 2.75) is 32.3 Å². The molecule has 0 aromatic heterocycles. The number of aryl methyl sites for hydroxylation is 1. The minimum absolute atomic E-state index is 0. The molecule has 0 radical (unpaired) electrons. The van der Waals surface area contributed by atoms with E-state index in [-0.39, 0.29) is 29.7 Å². The summed E-state index contributed by atoms with van der Waals surface area (Å²) in [5.41, 5.74) is 1.65. The Bertz CT molecular complexity index is 504. The van der Waals surface area contributed by atoms with Gasteiger partial charge in [0, 0.05) is 31.0 Å². The number of benzene rings is 1. The molecule has 0 aliphatic rings. The number of thioether (sulfide) groups is 1. The molecule has 0 fully saturated rings. The molecular formula is C15H24F2IN3OS. The van der Waals surface area contributed by atoms with Crippen LogP contribution in [-0.2, 0) is 6.54 Å². The van der Waals surface area contributed by atoms with Gasteiger partial charge in [0.25, 0.3) is 0 Å². The van der Waals surface area contributed by atoms with Gasteiger partial charge in [-0.3, -0.25) is 4.99 Å². The molecule has 1 unspecified atom stereocenters. The normalized spacial score (nSPS) is 12.6. The van der Waals surface area contributed by atoms with Gasteiger partial charge < -0.3 is 15.4 Å². The molecular weight excluding hydrogens is 435 g/mol. The Kier molecular flexibility index (Phi) is 11.3. The van der Waals surface area contributed by atoms with Crippen molar-refractivity contribution in [1.29, 1.82) is 0 Å². The summed E-state index contributed by atoms with van der Waals surface area (Å²) in [5.74, 6) is 0.812. The molecule has 0 heterocycles. The zero-order chi connectivity index (χ0) is 16.5. The van der Waals surface area contributed by atoms with Gasteiger partial charge >= 0.3 is 6.61 Å². The summed E-state index contributed by atoms with van der Waals surface area (Å²) in [6.07, 6.45) is 2.04. The molecule has 0 saturated carbocycles. The van der Waals surface area contributed by atoms with Gasteiger partial charge in [-0.25, -0.2) is 0 Å². The molecule has 2 N–H and O–H groups in total. The number of hydrogen-bond donors (Lipinski definition) is 2. The molecule has 0 bridgehead atoms. The van der Waals surface area contributed by atoms with Crippen molar-refractivity contribution < 1.29 is 13.5 Å². The topological polar surface area (TPSA) is 45.7 Å². The van der Waals surface area contributed by atoms with Crippen LogP contribution >= 0.6 is 35.7 Å². The molecule has 1 aromatic carbocycles. The van der Waals surface area contributed by atoms with E-state index in [2.05, 4.69) is 27.3 Å². The standard InChI is InChI=1S/C15H23F2N3OS.HI/c1-10-5-6-13(21-14(16)17)12(7-10)9-20-15(18-3)19-8-11(2)22-4;/h5-7,11,14H,8-9H2,1-4H3,(H2,18,19,20);1H. The molecule has 8 heteroatoms. The number of nitrogens with zero attached hydrogens (tertiary/aromatic N) is 1. The van der Waals surface area contributed by atoms with E-state index in [1.807, 2.05) is 19.2 Å². The number of rotatable bonds is 7. The molecule has 1 rings (SSSR count). The fourth-order valence-electron chi connectivity index (χ4n) is 1.78. The minimum Gasteiger partial charge on any atom is -0.434 e. The molecule has 4 nitrogen and oxygen atoms in total. The molecule has 1 aromatic rings. The lowest BCUT2D eigenvalue weighted by molar-refractivity contribution is -0.0504. The first-order chi connectivity index (χ1) is 10.5. The predicted octanol–water partition coefficient (Wildman–Crippen LogP) is 3.63. The van der Waals surface area contributed by atoms with Crippen molar-refractivity contribution >= 4 is 41.7 Å². The highest BCUT2D eigenvalue weighted by Crippen LogP contribution is 2.21. The van der Waals surface area contributed by atoms with Crippen molar-refractivity contribution in [1.82, 2.24) is 10.6 Å². The maximum Gasteiger partial charge on any atom is 0.387 e. The van der Waals surface area contributed by atoms with E-state index in [1.54, 1.807) is 30.9 Å². The zero-order valence-corrected chi connectivity index (χ0v) is 16.9. The van der Waals surface area contributed by atoms with Crippen molar-refractivity contribution in [3.8, 4) is 5.75 Å². The lowest BCUT2D eigenvalue weighted by atomic mass is 10.1. The number of hydrogen-bond acceptors (Lipinski definition) is 3. The number of nitrogens with one attached hydrogen (secondary N) is 2. The highest BCUT2D eigenvalue weighted by molar-refractivity contribution is 14.0. The summed E-state index contributed by atoms with van der Waals surface area (Å²) in [5, 5.41) is 6.76. The maximum absolute atomic E-state index is 12.4. The van der Waals surface area contributed by atoms with E-state index in [0.29, 0.717) is 23.3 Å². The Morgan fingerprint density at radius 1 is 1.35 bits per heavy atom. The highest BCUT2D eigenvalue weighted by atomic mass is 127. The van der Waals surface area contributed by atoms with Crippen LogP contribution in [0.3, 0.4) is 0 Å². The van der Waals surface area contributed by atoms with Gasteiger partial charge in [-0.2, -0.15) is 20.5 Å². The van der Waals surface area contributed by atoms with Crippen LogP contribution < -0.4 is 15.4 Å². The van der Waals surface area contributed by atoms with Crippen LogP contribution in [0.2, 0.25) is 0 Å². The van der Waals surface area contributed by atoms with Crippen LogP contribution in [0.4, 0.5) is 8.78 Å². The van der Waals surface area contributed by atoms with Gasteiger partial charge in [-0.15, -0.1) is 24.0 Å². The molecule has 0 aliphatic heterocycles. The van der Waals surface area contributed by atoms with E-state index >= 15 is 0 Å². The lowest BCUT2D eigenvalue weighted by Crippen LogP contribution is -2.39. The van der Waals surface area contributed by atoms with E-state index in [9.17, 15) is 8.78 Å². The van der Waals surface area contributed by atoms with Crippen LogP contribution in [0.15, 0.2) is 23.2 Å². The van der Waals surface area contributed by atoms with Gasteiger partial charge in [0.2, 0.25) is 0 Å². The van der Waals surface area contributed by atoms with Crippen molar-refractivity contribution in [2.24, 2.45) is 4.99 Å². The summed E-state index contributed by atoms with van der Waals surface area (Å²) in [4.78, 5) is 4.12. The number of ether oxygens (including phenoxy) is 1. The van der Waals surface area contributed by atoms with Gasteiger partial charge in [0.05, 0.1) is 0 Å². The molecule has 23 heavy (non-hydrogen) atoms. The Morgan fingerprint density at radius 3 is 2.61 bits per heavy atom. The molecule has 0 amide bonds. The van der Waals surface area contributed by atoms with Crippen LogP contribution in [0.25, 0.3) is 0 Å². The summed E-state index contributed by atoms with van der Waals surface area (Å²) in [7, 11) is 1.67. The first kappa shape index (κ1) is 22.2. The average molecular weight is 459 g/mol. The van der Waals surface area contributed by atoms with Crippen LogP contribution in [0, 0.1) is 6.92 Å². The number of halogens is 3. The fourth-order valence-corrected chi connectivity index (χ4v) is 2.03. The van der Waals surface area contributed by atoms with Gasteiger partial charge in [-0.1, -0.05) is 24.6 Å². The smallest absolute Gasteiger partial charge is 0.387 e. The number of guanidine groups is 1. The largest absolute Gasteiger partial charge is 0.434 e. The van der Waals surface area contributed by atoms with Crippen molar-refractivity contribution in [3.63, 3.8) is 0 Å². The first-order valence-corrected chi connectivity index (χ1v) is 8.26. The van der Waals surface area contributed by atoms with Crippen molar-refractivity contribution in [2.75, 3.05) is 19.8 Å². The molecule has 0 spiro atoms. The minimum atomic E-state index is -2.83. The Labute approximate surface area is 157 Å². The van der Waals surface area contributed by atoms with E-state index in [1.165, 1.54) is 0 Å².